The molecule has 0 saturated carbocycles. The molecule has 5 heteroatoms. The summed E-state index contributed by atoms with van der Waals surface area (Å²) in [6.45, 7) is 0. The molecule has 1 N–H and O–H groups in total. The van der Waals surface area contributed by atoms with Crippen LogP contribution in [0.5, 0.6) is 0 Å². The summed E-state index contributed by atoms with van der Waals surface area (Å²) in [6.07, 6.45) is 0. The van der Waals surface area contributed by atoms with E-state index in [1.54, 1.807) is 11.3 Å². The molecule has 0 amide bonds. The monoisotopic (exact) mass is 719 g/mol. The second-order valence-corrected chi connectivity index (χ2v) is 15.2. The third-order valence-electron chi connectivity index (χ3n) is 11.1. The molecule has 0 atom stereocenters. The summed E-state index contributed by atoms with van der Waals surface area (Å²) in [4.78, 5) is 10.7. The zero-order chi connectivity index (χ0) is 36.0. The second-order valence-electron chi connectivity index (χ2n) is 14.1. The number of furan rings is 1. The van der Waals surface area contributed by atoms with Gasteiger partial charge in [-0.2, -0.15) is 0 Å². The maximum atomic E-state index is 6.37. The number of benzene rings is 9. The molecule has 0 radical (unpaired) electrons. The molecule has 12 aromatic rings. The average molecular weight is 720 g/mol. The molecule has 3 heterocycles. The fraction of sp³-hybridized carbons (Fsp3) is 0. The van der Waals surface area contributed by atoms with Crippen molar-refractivity contribution in [3.8, 4) is 22.4 Å². The largest absolute Gasteiger partial charge is 0.436 e. The lowest BCUT2D eigenvalue weighted by Crippen LogP contribution is -2.02. The molecule has 4 nitrogen and oxygen atoms in total. The van der Waals surface area contributed by atoms with Crippen molar-refractivity contribution in [2.45, 2.75) is 0 Å². The number of anilines is 2. The van der Waals surface area contributed by atoms with Gasteiger partial charge in [-0.15, -0.1) is 11.3 Å². The molecular weight excluding hydrogens is 691 g/mol. The van der Waals surface area contributed by atoms with E-state index < -0.39 is 0 Å². The Kier molecular flexibility index (Phi) is 6.47. The SMILES string of the molecule is c1ccc2c(-c3cccc4c5ccccc5c5ccccc5c34)c(Nc3nc4c(nc3-c3cccc5c3sc3ccccc35)oc3ccccc34)ccc2c1. The van der Waals surface area contributed by atoms with Crippen LogP contribution in [-0.2, 0) is 0 Å². The van der Waals surface area contributed by atoms with Crippen LogP contribution in [0, 0.1) is 0 Å². The van der Waals surface area contributed by atoms with Gasteiger partial charge in [-0.05, 0) is 72.9 Å². The topological polar surface area (TPSA) is 51.0 Å². The normalized spacial score (nSPS) is 12.0. The van der Waals surface area contributed by atoms with Gasteiger partial charge in [-0.1, -0.05) is 146 Å². The molecule has 0 saturated heterocycles. The number of rotatable bonds is 4. The van der Waals surface area contributed by atoms with Crippen molar-refractivity contribution in [2.24, 2.45) is 0 Å². The molecule has 256 valence electrons. The molecule has 3 aromatic heterocycles. The third kappa shape index (κ3) is 4.51. The Balaban J connectivity index is 1.17. The first-order valence-corrected chi connectivity index (χ1v) is 19.3. The summed E-state index contributed by atoms with van der Waals surface area (Å²) >= 11 is 1.79. The Morgan fingerprint density at radius 3 is 1.85 bits per heavy atom. The van der Waals surface area contributed by atoms with Crippen LogP contribution in [0.1, 0.15) is 0 Å². The Morgan fingerprint density at radius 2 is 1.05 bits per heavy atom. The summed E-state index contributed by atoms with van der Waals surface area (Å²) in [5, 5.41) is 17.1. The molecule has 0 aliphatic carbocycles. The highest BCUT2D eigenvalue weighted by Crippen LogP contribution is 2.47. The zero-order valence-electron chi connectivity index (χ0n) is 29.4. The minimum absolute atomic E-state index is 0.519. The van der Waals surface area contributed by atoms with Crippen molar-refractivity contribution in [1.82, 2.24) is 9.97 Å². The Bertz CT molecular complexity index is 3500. The molecule has 0 bridgehead atoms. The van der Waals surface area contributed by atoms with Crippen molar-refractivity contribution in [3.05, 3.63) is 170 Å². The van der Waals surface area contributed by atoms with E-state index in [1.807, 2.05) is 18.2 Å². The highest BCUT2D eigenvalue weighted by atomic mass is 32.1. The van der Waals surface area contributed by atoms with Crippen LogP contribution in [0.3, 0.4) is 0 Å². The number of hydrogen-bond acceptors (Lipinski definition) is 5. The smallest absolute Gasteiger partial charge is 0.247 e. The molecule has 12 rings (SSSR count). The summed E-state index contributed by atoms with van der Waals surface area (Å²) in [6, 6.07) is 60.5. The van der Waals surface area contributed by atoms with Gasteiger partial charge in [-0.25, -0.2) is 9.97 Å². The molecule has 0 fully saturated rings. The minimum atomic E-state index is 0.519. The zero-order valence-corrected chi connectivity index (χ0v) is 30.2. The van der Waals surface area contributed by atoms with Crippen LogP contribution in [-0.4, -0.2) is 9.97 Å². The van der Waals surface area contributed by atoms with E-state index in [0.717, 1.165) is 49.9 Å². The lowest BCUT2D eigenvalue weighted by atomic mass is 9.87. The van der Waals surface area contributed by atoms with E-state index in [0.29, 0.717) is 11.5 Å². The van der Waals surface area contributed by atoms with Crippen LogP contribution in [0.4, 0.5) is 11.5 Å². The van der Waals surface area contributed by atoms with E-state index in [2.05, 4.69) is 157 Å². The van der Waals surface area contributed by atoms with Crippen LogP contribution in [0.15, 0.2) is 174 Å². The van der Waals surface area contributed by atoms with Crippen LogP contribution in [0.25, 0.3) is 108 Å². The van der Waals surface area contributed by atoms with Gasteiger partial charge in [0.25, 0.3) is 0 Å². The first-order chi connectivity index (χ1) is 27.3. The molecule has 0 aliphatic rings. The predicted molar refractivity (Wildman–Crippen MR) is 233 cm³/mol. The number of thiophene rings is 1. The number of hydrogen-bond donors (Lipinski definition) is 1. The molecular formula is C50H29N3OS. The van der Waals surface area contributed by atoms with E-state index >= 15 is 0 Å². The van der Waals surface area contributed by atoms with Crippen molar-refractivity contribution < 1.29 is 4.42 Å². The quantitative estimate of drug-likeness (QED) is 0.184. The van der Waals surface area contributed by atoms with Gasteiger partial charge in [0.1, 0.15) is 16.8 Å². The second kappa shape index (κ2) is 11.7. The maximum absolute atomic E-state index is 6.37. The van der Waals surface area contributed by atoms with Gasteiger partial charge < -0.3 is 9.73 Å². The molecule has 0 unspecified atom stereocenters. The summed E-state index contributed by atoms with van der Waals surface area (Å²) in [5.41, 5.74) is 7.01. The Hall–Kier alpha value is -7.08. The van der Waals surface area contributed by atoms with Crippen LogP contribution in [0.2, 0.25) is 0 Å². The van der Waals surface area contributed by atoms with Crippen molar-refractivity contribution in [1.29, 1.82) is 0 Å². The van der Waals surface area contributed by atoms with E-state index in [4.69, 9.17) is 14.4 Å². The van der Waals surface area contributed by atoms with E-state index in [9.17, 15) is 0 Å². The third-order valence-corrected chi connectivity index (χ3v) is 12.3. The maximum Gasteiger partial charge on any atom is 0.247 e. The lowest BCUT2D eigenvalue weighted by Gasteiger charge is -2.20. The summed E-state index contributed by atoms with van der Waals surface area (Å²) < 4.78 is 8.78. The molecule has 0 spiro atoms. The number of aromatic nitrogens is 2. The summed E-state index contributed by atoms with van der Waals surface area (Å²) in [5.74, 6) is 0.677. The van der Waals surface area contributed by atoms with Crippen molar-refractivity contribution >= 4 is 108 Å². The fourth-order valence-electron chi connectivity index (χ4n) is 8.69. The van der Waals surface area contributed by atoms with Crippen molar-refractivity contribution in [2.75, 3.05) is 5.32 Å². The van der Waals surface area contributed by atoms with Gasteiger partial charge in [0.15, 0.2) is 5.82 Å². The van der Waals surface area contributed by atoms with Gasteiger partial charge in [0, 0.05) is 42.4 Å². The fourth-order valence-corrected chi connectivity index (χ4v) is 9.91. The standard InChI is InChI=1S/C50H29N3OS/c1-2-14-30-29(13-1)27-28-41(45(30)39-23-11-21-36-33-16-4-3-15-31(33)32-17-5-6-19-35(32)44(36)39)51-49-46(53-50-47(52-49)38-20-7-9-25-42(38)54-50)40-24-12-22-37-34-18-8-10-26-43(34)55-48(37)40/h1-28H,(H,51,52). The first-order valence-electron chi connectivity index (χ1n) is 18.5. The Morgan fingerprint density at radius 1 is 0.455 bits per heavy atom. The number of fused-ring (bicyclic) bond motifs is 13. The minimum Gasteiger partial charge on any atom is -0.436 e. The molecule has 9 aromatic carbocycles. The first kappa shape index (κ1) is 30.4. The van der Waals surface area contributed by atoms with Gasteiger partial charge in [0.2, 0.25) is 5.71 Å². The number of para-hydroxylation sites is 1. The van der Waals surface area contributed by atoms with Crippen LogP contribution >= 0.6 is 11.3 Å². The van der Waals surface area contributed by atoms with E-state index in [-0.39, 0.29) is 0 Å². The Labute approximate surface area is 318 Å². The predicted octanol–water partition coefficient (Wildman–Crippen LogP) is 14.4. The summed E-state index contributed by atoms with van der Waals surface area (Å²) in [7, 11) is 0. The van der Waals surface area contributed by atoms with E-state index in [1.165, 1.54) is 57.9 Å². The van der Waals surface area contributed by atoms with Gasteiger partial charge in [-0.3, -0.25) is 0 Å². The van der Waals surface area contributed by atoms with Gasteiger partial charge >= 0.3 is 0 Å². The lowest BCUT2D eigenvalue weighted by molar-refractivity contribution is 0.653. The highest BCUT2D eigenvalue weighted by molar-refractivity contribution is 7.26. The average Bonchev–Trinajstić information content (AvgIpc) is 3.81. The highest BCUT2D eigenvalue weighted by Gasteiger charge is 2.23. The van der Waals surface area contributed by atoms with Crippen molar-refractivity contribution in [3.63, 3.8) is 0 Å². The molecule has 0 aliphatic heterocycles. The van der Waals surface area contributed by atoms with Crippen LogP contribution < -0.4 is 5.32 Å². The number of nitrogens with one attached hydrogen (secondary N) is 1. The molecule has 55 heavy (non-hydrogen) atoms. The van der Waals surface area contributed by atoms with Gasteiger partial charge in [0.05, 0.1) is 0 Å². The number of nitrogens with zero attached hydrogens (tertiary/aromatic N) is 2.